The first-order chi connectivity index (χ1) is 10.3. The third kappa shape index (κ3) is 2.12. The van der Waals surface area contributed by atoms with Crippen LogP contribution in [-0.4, -0.2) is 20.8 Å². The Labute approximate surface area is 121 Å². The van der Waals surface area contributed by atoms with Crippen molar-refractivity contribution in [1.29, 1.82) is 0 Å². The number of carboxylic acids is 1. The van der Waals surface area contributed by atoms with E-state index in [1.807, 2.05) is 0 Å². The molecule has 1 N–H and O–H groups in total. The Morgan fingerprint density at radius 1 is 1.36 bits per heavy atom. The van der Waals surface area contributed by atoms with Gasteiger partial charge in [-0.05, 0) is 6.07 Å². The number of alkyl halides is 3. The van der Waals surface area contributed by atoms with E-state index in [0.717, 1.165) is 6.07 Å². The molecule has 2 heterocycles. The van der Waals surface area contributed by atoms with E-state index in [0.29, 0.717) is 10.9 Å². The highest BCUT2D eigenvalue weighted by Crippen LogP contribution is 2.38. The summed E-state index contributed by atoms with van der Waals surface area (Å²) in [6, 6.07) is 5.00. The first kappa shape index (κ1) is 14.2. The van der Waals surface area contributed by atoms with E-state index in [4.69, 9.17) is 5.11 Å². The highest BCUT2D eigenvalue weighted by molar-refractivity contribution is 5.98. The minimum absolute atomic E-state index is 0.00451. The minimum Gasteiger partial charge on any atom is -0.475 e. The van der Waals surface area contributed by atoms with Crippen molar-refractivity contribution >= 4 is 16.9 Å². The average Bonchev–Trinajstić information content (AvgIpc) is 3.03. The molecule has 3 rings (SSSR count). The van der Waals surface area contributed by atoms with E-state index in [1.165, 1.54) is 36.0 Å². The number of aromatic nitrogens is 2. The molecular weight excluding hydrogens is 301 g/mol. The van der Waals surface area contributed by atoms with Crippen LogP contribution in [0.4, 0.5) is 13.2 Å². The van der Waals surface area contributed by atoms with Gasteiger partial charge in [-0.15, -0.1) is 0 Å². The summed E-state index contributed by atoms with van der Waals surface area (Å²) in [6.07, 6.45) is -3.03. The van der Waals surface area contributed by atoms with Crippen LogP contribution in [0.5, 0.6) is 0 Å². The third-order valence-corrected chi connectivity index (χ3v) is 3.30. The molecule has 1 aromatic carbocycles. The molecule has 2 aromatic heterocycles. The zero-order valence-electron chi connectivity index (χ0n) is 11.2. The molecule has 0 saturated carbocycles. The number of halogens is 3. The fourth-order valence-electron chi connectivity index (χ4n) is 2.40. The molecule has 0 bridgehead atoms. The molecule has 22 heavy (non-hydrogen) atoms. The van der Waals surface area contributed by atoms with Gasteiger partial charge in [0.05, 0.1) is 11.1 Å². The van der Waals surface area contributed by atoms with Gasteiger partial charge in [0.2, 0.25) is 5.76 Å². The molecule has 114 valence electrons. The van der Waals surface area contributed by atoms with Gasteiger partial charge in [0.25, 0.3) is 0 Å². The molecule has 5 nitrogen and oxygen atoms in total. The third-order valence-electron chi connectivity index (χ3n) is 3.30. The van der Waals surface area contributed by atoms with Crippen molar-refractivity contribution in [3.8, 4) is 11.3 Å². The first-order valence-corrected chi connectivity index (χ1v) is 6.14. The molecule has 0 saturated heterocycles. The molecule has 0 aliphatic heterocycles. The SMILES string of the molecule is Cn1cc(-c2cc(C(=O)O)on2)c2cccc(C(F)(F)F)c21. The fourth-order valence-corrected chi connectivity index (χ4v) is 2.40. The number of carbonyl (C=O) groups is 1. The standard InChI is InChI=1S/C14H9F3N2O3/c1-19-6-8(10-5-11(13(20)21)22-18-10)7-3-2-4-9(12(7)19)14(15,16)17/h2-6H,1H3,(H,20,21). The van der Waals surface area contributed by atoms with E-state index >= 15 is 0 Å². The largest absolute Gasteiger partial charge is 0.475 e. The predicted octanol–water partition coefficient (Wildman–Crippen LogP) is 3.55. The summed E-state index contributed by atoms with van der Waals surface area (Å²) in [5.41, 5.74) is -0.215. The van der Waals surface area contributed by atoms with Crippen molar-refractivity contribution in [2.45, 2.75) is 6.18 Å². The Morgan fingerprint density at radius 2 is 2.09 bits per heavy atom. The topological polar surface area (TPSA) is 68.3 Å². The molecule has 8 heteroatoms. The maximum atomic E-state index is 13.1. The highest BCUT2D eigenvalue weighted by Gasteiger charge is 2.34. The van der Waals surface area contributed by atoms with Crippen molar-refractivity contribution in [1.82, 2.24) is 9.72 Å². The van der Waals surface area contributed by atoms with Crippen LogP contribution in [-0.2, 0) is 13.2 Å². The molecule has 0 unspecified atom stereocenters. The second kappa shape index (κ2) is 4.62. The van der Waals surface area contributed by atoms with Crippen molar-refractivity contribution < 1.29 is 27.6 Å². The van der Waals surface area contributed by atoms with Crippen LogP contribution in [0.15, 0.2) is 35.0 Å². The molecule has 0 fully saturated rings. The van der Waals surface area contributed by atoms with Crippen LogP contribution >= 0.6 is 0 Å². The van der Waals surface area contributed by atoms with Crippen molar-refractivity contribution in [3.63, 3.8) is 0 Å². The number of hydrogen-bond donors (Lipinski definition) is 1. The lowest BCUT2D eigenvalue weighted by molar-refractivity contribution is -0.136. The van der Waals surface area contributed by atoms with Crippen molar-refractivity contribution in [2.75, 3.05) is 0 Å². The van der Waals surface area contributed by atoms with E-state index < -0.39 is 17.7 Å². The Hall–Kier alpha value is -2.77. The van der Waals surface area contributed by atoms with Crippen LogP contribution in [0, 0.1) is 0 Å². The summed E-state index contributed by atoms with van der Waals surface area (Å²) in [4.78, 5) is 10.8. The lowest BCUT2D eigenvalue weighted by atomic mass is 10.1. The number of fused-ring (bicyclic) bond motifs is 1. The average molecular weight is 310 g/mol. The highest BCUT2D eigenvalue weighted by atomic mass is 19.4. The lowest BCUT2D eigenvalue weighted by Crippen LogP contribution is -2.07. The smallest absolute Gasteiger partial charge is 0.418 e. The monoisotopic (exact) mass is 310 g/mol. The maximum absolute atomic E-state index is 13.1. The predicted molar refractivity (Wildman–Crippen MR) is 70.4 cm³/mol. The van der Waals surface area contributed by atoms with Crippen LogP contribution in [0.2, 0.25) is 0 Å². The lowest BCUT2D eigenvalue weighted by Gasteiger charge is -2.09. The van der Waals surface area contributed by atoms with Gasteiger partial charge in [-0.2, -0.15) is 13.2 Å². The second-order valence-electron chi connectivity index (χ2n) is 4.73. The van der Waals surface area contributed by atoms with E-state index in [9.17, 15) is 18.0 Å². The summed E-state index contributed by atoms with van der Waals surface area (Å²) in [5.74, 6) is -1.67. The van der Waals surface area contributed by atoms with Gasteiger partial charge in [0, 0.05) is 30.3 Å². The van der Waals surface area contributed by atoms with Crippen molar-refractivity contribution in [2.24, 2.45) is 7.05 Å². The molecule has 0 aliphatic rings. The number of aryl methyl sites for hydroxylation is 1. The Kier molecular flexibility index (Phi) is 2.98. The fraction of sp³-hybridized carbons (Fsp3) is 0.143. The van der Waals surface area contributed by atoms with Crippen molar-refractivity contribution in [3.05, 3.63) is 41.8 Å². The zero-order chi connectivity index (χ0) is 16.1. The molecule has 0 aliphatic carbocycles. The minimum atomic E-state index is -4.49. The summed E-state index contributed by atoms with van der Waals surface area (Å²) < 4.78 is 45.3. The zero-order valence-corrected chi connectivity index (χ0v) is 11.2. The maximum Gasteiger partial charge on any atom is 0.418 e. The first-order valence-electron chi connectivity index (χ1n) is 6.14. The van der Waals surface area contributed by atoms with Crippen LogP contribution in [0.25, 0.3) is 22.2 Å². The van der Waals surface area contributed by atoms with Crippen LogP contribution < -0.4 is 0 Å². The summed E-state index contributed by atoms with van der Waals surface area (Å²) in [5, 5.41) is 12.8. The molecular formula is C14H9F3N2O3. The molecule has 0 spiro atoms. The van der Waals surface area contributed by atoms with Gasteiger partial charge in [0.1, 0.15) is 5.69 Å². The van der Waals surface area contributed by atoms with E-state index in [2.05, 4.69) is 9.68 Å². The van der Waals surface area contributed by atoms with Gasteiger partial charge in [-0.25, -0.2) is 4.79 Å². The van der Waals surface area contributed by atoms with E-state index in [1.54, 1.807) is 0 Å². The number of hydrogen-bond acceptors (Lipinski definition) is 3. The Bertz CT molecular complexity index is 877. The van der Waals surface area contributed by atoms with Crippen LogP contribution in [0.1, 0.15) is 16.1 Å². The normalized spacial score (nSPS) is 12.0. The Balaban J connectivity index is 2.26. The number of rotatable bonds is 2. The molecule has 0 radical (unpaired) electrons. The number of nitrogens with zero attached hydrogens (tertiary/aromatic N) is 2. The van der Waals surface area contributed by atoms with Gasteiger partial charge in [-0.1, -0.05) is 17.3 Å². The van der Waals surface area contributed by atoms with E-state index in [-0.39, 0.29) is 17.0 Å². The number of aromatic carboxylic acids is 1. The number of benzene rings is 1. The summed E-state index contributed by atoms with van der Waals surface area (Å²) in [6.45, 7) is 0. The number of para-hydroxylation sites is 1. The molecule has 0 amide bonds. The van der Waals surface area contributed by atoms with Crippen LogP contribution in [0.3, 0.4) is 0 Å². The van der Waals surface area contributed by atoms with Gasteiger partial charge >= 0.3 is 12.1 Å². The van der Waals surface area contributed by atoms with Gasteiger partial charge in [-0.3, -0.25) is 0 Å². The molecule has 0 atom stereocenters. The summed E-state index contributed by atoms with van der Waals surface area (Å²) >= 11 is 0. The second-order valence-corrected chi connectivity index (χ2v) is 4.73. The summed E-state index contributed by atoms with van der Waals surface area (Å²) in [7, 11) is 1.49. The van der Waals surface area contributed by atoms with Gasteiger partial charge < -0.3 is 14.2 Å². The van der Waals surface area contributed by atoms with Gasteiger partial charge in [0.15, 0.2) is 0 Å². The Morgan fingerprint density at radius 3 is 2.68 bits per heavy atom. The quantitative estimate of drug-likeness (QED) is 0.786. The molecule has 3 aromatic rings. The number of carboxylic acid groups (broad SMARTS) is 1.